The van der Waals surface area contributed by atoms with Crippen LogP contribution < -0.4 is 0 Å². The second-order valence-electron chi connectivity index (χ2n) is 6.60. The minimum absolute atomic E-state index is 0.116. The summed E-state index contributed by atoms with van der Waals surface area (Å²) in [6, 6.07) is 6.82. The van der Waals surface area contributed by atoms with Crippen molar-refractivity contribution in [2.24, 2.45) is 0 Å². The molecule has 1 spiro atoms. The Hall–Kier alpha value is -1.92. The van der Waals surface area contributed by atoms with E-state index in [2.05, 4.69) is 11.9 Å². The van der Waals surface area contributed by atoms with Crippen molar-refractivity contribution in [2.45, 2.75) is 18.4 Å². The van der Waals surface area contributed by atoms with E-state index in [-0.39, 0.29) is 11.5 Å². The molecule has 0 N–H and O–H groups in total. The Balaban J connectivity index is 1.71. The Morgan fingerprint density at radius 1 is 1.12 bits per heavy atom. The number of ether oxygens (including phenoxy) is 2. The maximum Gasteiger partial charge on any atom is 0.338 e. The summed E-state index contributed by atoms with van der Waals surface area (Å²) >= 11 is 0. The second-order valence-corrected chi connectivity index (χ2v) is 6.60. The van der Waals surface area contributed by atoms with Crippen molar-refractivity contribution in [1.82, 2.24) is 9.80 Å². The molecule has 24 heavy (non-hydrogen) atoms. The SMILES string of the molecule is COC(=O)c1ccccc1C(=O)N1CCC2(CC1)CN(C)CCO2. The van der Waals surface area contributed by atoms with Gasteiger partial charge in [0.2, 0.25) is 0 Å². The quantitative estimate of drug-likeness (QED) is 0.767. The highest BCUT2D eigenvalue weighted by Gasteiger charge is 2.40. The van der Waals surface area contributed by atoms with Gasteiger partial charge in [-0.3, -0.25) is 4.79 Å². The van der Waals surface area contributed by atoms with E-state index in [4.69, 9.17) is 9.47 Å². The van der Waals surface area contributed by atoms with Crippen LogP contribution in [-0.4, -0.2) is 74.2 Å². The van der Waals surface area contributed by atoms with Crippen molar-refractivity contribution in [3.63, 3.8) is 0 Å². The molecule has 6 heteroatoms. The number of esters is 1. The molecule has 6 nitrogen and oxygen atoms in total. The molecule has 2 aliphatic heterocycles. The first-order valence-corrected chi connectivity index (χ1v) is 8.34. The molecule has 0 bridgehead atoms. The summed E-state index contributed by atoms with van der Waals surface area (Å²) in [6.45, 7) is 3.89. The van der Waals surface area contributed by atoms with Crippen LogP contribution in [0.4, 0.5) is 0 Å². The second kappa shape index (κ2) is 6.91. The van der Waals surface area contributed by atoms with Crippen LogP contribution in [0.15, 0.2) is 24.3 Å². The van der Waals surface area contributed by atoms with Crippen molar-refractivity contribution in [2.75, 3.05) is 46.9 Å². The molecule has 130 valence electrons. The number of likely N-dealkylation sites (N-methyl/N-ethyl adjacent to an activating group) is 1. The molecular weight excluding hydrogens is 308 g/mol. The van der Waals surface area contributed by atoms with Crippen LogP contribution >= 0.6 is 0 Å². The fraction of sp³-hybridized carbons (Fsp3) is 0.556. The predicted molar refractivity (Wildman–Crippen MR) is 89.1 cm³/mol. The van der Waals surface area contributed by atoms with Crippen molar-refractivity contribution in [3.8, 4) is 0 Å². The highest BCUT2D eigenvalue weighted by Crippen LogP contribution is 2.30. The molecule has 1 aromatic carbocycles. The van der Waals surface area contributed by atoms with Crippen LogP contribution in [0, 0.1) is 0 Å². The zero-order chi connectivity index (χ0) is 17.2. The Kier molecular flexibility index (Phi) is 4.87. The van der Waals surface area contributed by atoms with Crippen LogP contribution in [-0.2, 0) is 9.47 Å². The smallest absolute Gasteiger partial charge is 0.338 e. The summed E-state index contributed by atoms with van der Waals surface area (Å²) < 4.78 is 10.8. The lowest BCUT2D eigenvalue weighted by Gasteiger charge is -2.46. The number of amides is 1. The van der Waals surface area contributed by atoms with Gasteiger partial charge in [0.1, 0.15) is 0 Å². The Bertz CT molecular complexity index is 623. The van der Waals surface area contributed by atoms with E-state index in [1.807, 2.05) is 4.90 Å². The van der Waals surface area contributed by atoms with Gasteiger partial charge in [-0.15, -0.1) is 0 Å². The molecule has 2 fully saturated rings. The van der Waals surface area contributed by atoms with Gasteiger partial charge >= 0.3 is 5.97 Å². The number of rotatable bonds is 2. The van der Waals surface area contributed by atoms with Gasteiger partial charge in [0, 0.05) is 26.2 Å². The summed E-state index contributed by atoms with van der Waals surface area (Å²) in [5.41, 5.74) is 0.590. The van der Waals surface area contributed by atoms with E-state index >= 15 is 0 Å². The third-order valence-electron chi connectivity index (χ3n) is 4.96. The van der Waals surface area contributed by atoms with Gasteiger partial charge in [-0.2, -0.15) is 0 Å². The molecule has 2 heterocycles. The minimum Gasteiger partial charge on any atom is -0.465 e. The van der Waals surface area contributed by atoms with Crippen molar-refractivity contribution < 1.29 is 19.1 Å². The number of methoxy groups -OCH3 is 1. The van der Waals surface area contributed by atoms with Gasteiger partial charge in [-0.1, -0.05) is 12.1 Å². The lowest BCUT2D eigenvalue weighted by atomic mass is 9.89. The number of morpholine rings is 1. The van der Waals surface area contributed by atoms with Gasteiger partial charge in [-0.05, 0) is 32.0 Å². The van der Waals surface area contributed by atoms with Gasteiger partial charge in [0.15, 0.2) is 0 Å². The zero-order valence-corrected chi connectivity index (χ0v) is 14.3. The van der Waals surface area contributed by atoms with E-state index < -0.39 is 5.97 Å². The molecule has 0 unspecified atom stereocenters. The molecule has 0 aromatic heterocycles. The number of benzene rings is 1. The van der Waals surface area contributed by atoms with Crippen LogP contribution in [0.2, 0.25) is 0 Å². The molecule has 0 radical (unpaired) electrons. The Morgan fingerprint density at radius 3 is 2.42 bits per heavy atom. The lowest BCUT2D eigenvalue weighted by molar-refractivity contribution is -0.127. The number of likely N-dealkylation sites (tertiary alicyclic amines) is 1. The molecule has 0 atom stereocenters. The minimum atomic E-state index is -0.482. The number of carbonyl (C=O) groups is 2. The maximum atomic E-state index is 12.8. The van der Waals surface area contributed by atoms with Crippen LogP contribution in [0.25, 0.3) is 0 Å². The van der Waals surface area contributed by atoms with Crippen LogP contribution in [0.3, 0.4) is 0 Å². The van der Waals surface area contributed by atoms with E-state index in [0.717, 1.165) is 32.5 Å². The molecule has 1 aromatic rings. The van der Waals surface area contributed by atoms with Gasteiger partial charge in [0.25, 0.3) is 5.91 Å². The van der Waals surface area contributed by atoms with Gasteiger partial charge in [-0.25, -0.2) is 4.79 Å². The van der Waals surface area contributed by atoms with E-state index in [0.29, 0.717) is 24.2 Å². The van der Waals surface area contributed by atoms with Gasteiger partial charge in [0.05, 0.1) is 30.4 Å². The fourth-order valence-corrected chi connectivity index (χ4v) is 3.58. The van der Waals surface area contributed by atoms with Crippen molar-refractivity contribution in [3.05, 3.63) is 35.4 Å². The third kappa shape index (κ3) is 3.30. The normalized spacial score (nSPS) is 20.8. The molecule has 3 rings (SSSR count). The van der Waals surface area contributed by atoms with E-state index in [1.165, 1.54) is 7.11 Å². The van der Waals surface area contributed by atoms with Crippen molar-refractivity contribution in [1.29, 1.82) is 0 Å². The molecular formula is C18H24N2O4. The molecule has 2 saturated heterocycles. The lowest BCUT2D eigenvalue weighted by Crippen LogP contribution is -2.56. The number of hydrogen-bond donors (Lipinski definition) is 0. The van der Waals surface area contributed by atoms with E-state index in [9.17, 15) is 9.59 Å². The predicted octanol–water partition coefficient (Wildman–Crippen LogP) is 1.41. The van der Waals surface area contributed by atoms with E-state index in [1.54, 1.807) is 24.3 Å². The Morgan fingerprint density at radius 2 is 1.79 bits per heavy atom. The maximum absolute atomic E-state index is 12.8. The number of nitrogens with zero attached hydrogens (tertiary/aromatic N) is 2. The highest BCUT2D eigenvalue weighted by atomic mass is 16.5. The largest absolute Gasteiger partial charge is 0.465 e. The first kappa shape index (κ1) is 16.9. The summed E-state index contributed by atoms with van der Waals surface area (Å²) in [5.74, 6) is -0.598. The topological polar surface area (TPSA) is 59.1 Å². The summed E-state index contributed by atoms with van der Waals surface area (Å²) in [5, 5.41) is 0. The Labute approximate surface area is 142 Å². The van der Waals surface area contributed by atoms with Crippen LogP contribution in [0.5, 0.6) is 0 Å². The van der Waals surface area contributed by atoms with Crippen LogP contribution in [0.1, 0.15) is 33.6 Å². The summed E-state index contributed by atoms with van der Waals surface area (Å²) in [4.78, 5) is 28.8. The average molecular weight is 332 g/mol. The number of hydrogen-bond acceptors (Lipinski definition) is 5. The molecule has 1 amide bonds. The first-order valence-electron chi connectivity index (χ1n) is 8.34. The molecule has 0 aliphatic carbocycles. The standard InChI is InChI=1S/C18H24N2O4/c1-19-11-12-24-18(13-19)7-9-20(10-8-18)16(21)14-5-3-4-6-15(14)17(22)23-2/h3-6H,7-13H2,1-2H3. The number of carbonyl (C=O) groups excluding carboxylic acids is 2. The third-order valence-corrected chi connectivity index (χ3v) is 4.96. The fourth-order valence-electron chi connectivity index (χ4n) is 3.58. The number of piperidine rings is 1. The molecule has 2 aliphatic rings. The van der Waals surface area contributed by atoms with Gasteiger partial charge < -0.3 is 19.3 Å². The summed E-state index contributed by atoms with van der Waals surface area (Å²) in [6.07, 6.45) is 1.65. The zero-order valence-electron chi connectivity index (χ0n) is 14.3. The summed E-state index contributed by atoms with van der Waals surface area (Å²) in [7, 11) is 3.43. The molecule has 0 saturated carbocycles. The monoisotopic (exact) mass is 332 g/mol. The first-order chi connectivity index (χ1) is 11.5. The average Bonchev–Trinajstić information content (AvgIpc) is 2.61. The van der Waals surface area contributed by atoms with Crippen molar-refractivity contribution >= 4 is 11.9 Å². The highest BCUT2D eigenvalue weighted by molar-refractivity contribution is 6.05.